The Morgan fingerprint density at radius 3 is 2.67 bits per heavy atom. The zero-order valence-electron chi connectivity index (χ0n) is 13.2. The van der Waals surface area contributed by atoms with E-state index in [4.69, 9.17) is 0 Å². The molecule has 4 rings (SSSR count). The van der Waals surface area contributed by atoms with Crippen LogP contribution in [0.4, 0.5) is 10.3 Å². The summed E-state index contributed by atoms with van der Waals surface area (Å²) in [7, 11) is 0. The monoisotopic (exact) mass is 327 g/mol. The molecule has 2 aliphatic rings. The maximum atomic E-state index is 13.0. The number of carbonyl (C=O) groups is 1. The normalized spacial score (nSPS) is 23.5. The van der Waals surface area contributed by atoms with Gasteiger partial charge in [0, 0.05) is 25.8 Å². The summed E-state index contributed by atoms with van der Waals surface area (Å²) in [6.07, 6.45) is 5.69. The summed E-state index contributed by atoms with van der Waals surface area (Å²) < 4.78 is 13.0. The van der Waals surface area contributed by atoms with Crippen molar-refractivity contribution in [2.24, 2.45) is 5.41 Å². The lowest BCUT2D eigenvalue weighted by atomic mass is 9.85. The molecule has 0 aromatic carbocycles. The first-order valence-electron chi connectivity index (χ1n) is 8.08. The fourth-order valence-electron chi connectivity index (χ4n) is 3.62. The molecule has 24 heavy (non-hydrogen) atoms. The van der Waals surface area contributed by atoms with Crippen molar-refractivity contribution in [1.82, 2.24) is 19.9 Å². The van der Waals surface area contributed by atoms with Gasteiger partial charge in [-0.3, -0.25) is 9.78 Å². The van der Waals surface area contributed by atoms with E-state index in [-0.39, 0.29) is 11.3 Å². The summed E-state index contributed by atoms with van der Waals surface area (Å²) in [5.74, 6) is 0.216. The van der Waals surface area contributed by atoms with E-state index in [1.807, 2.05) is 28.0 Å². The predicted octanol–water partition coefficient (Wildman–Crippen LogP) is 1.64. The van der Waals surface area contributed by atoms with Crippen LogP contribution in [0.25, 0.3) is 0 Å². The van der Waals surface area contributed by atoms with Crippen molar-refractivity contribution in [2.75, 3.05) is 24.5 Å². The summed E-state index contributed by atoms with van der Waals surface area (Å²) in [5.41, 5.74) is 0.534. The molecule has 6 nitrogen and oxygen atoms in total. The second kappa shape index (κ2) is 5.81. The highest BCUT2D eigenvalue weighted by molar-refractivity contribution is 5.86. The van der Waals surface area contributed by atoms with E-state index in [0.717, 1.165) is 44.0 Å². The minimum Gasteiger partial charge on any atom is -0.340 e. The number of likely N-dealkylation sites (tertiary alicyclic amines) is 1. The summed E-state index contributed by atoms with van der Waals surface area (Å²) in [6.45, 7) is 2.60. The van der Waals surface area contributed by atoms with Gasteiger partial charge in [0.2, 0.25) is 11.9 Å². The highest BCUT2D eigenvalue weighted by atomic mass is 19.1. The third-order valence-electron chi connectivity index (χ3n) is 4.92. The number of amides is 1. The van der Waals surface area contributed by atoms with Crippen molar-refractivity contribution in [3.05, 3.63) is 48.3 Å². The standard InChI is InChI=1S/C17H18FN5O/c18-13-9-20-16(21-10-13)23-8-5-17(12-23)4-7-22(15(17)24)11-14-3-1-2-6-19-14/h1-3,6,9-10H,4-5,7-8,11-12H2. The minimum atomic E-state index is -0.453. The average molecular weight is 327 g/mol. The third-order valence-corrected chi connectivity index (χ3v) is 4.92. The number of aromatic nitrogens is 3. The summed E-state index contributed by atoms with van der Waals surface area (Å²) in [5, 5.41) is 0. The molecule has 2 aromatic heterocycles. The van der Waals surface area contributed by atoms with E-state index in [2.05, 4.69) is 15.0 Å². The largest absolute Gasteiger partial charge is 0.340 e. The molecule has 0 N–H and O–H groups in total. The first kappa shape index (κ1) is 15.0. The molecule has 0 radical (unpaired) electrons. The molecule has 1 unspecified atom stereocenters. The summed E-state index contributed by atoms with van der Waals surface area (Å²) in [4.78, 5) is 29.2. The number of nitrogens with zero attached hydrogens (tertiary/aromatic N) is 5. The molecule has 1 atom stereocenters. The van der Waals surface area contributed by atoms with Gasteiger partial charge in [0.05, 0.1) is 30.0 Å². The SMILES string of the molecule is O=C1N(Cc2ccccn2)CCC12CCN(c1ncc(F)cn1)C2. The van der Waals surface area contributed by atoms with Crippen molar-refractivity contribution in [2.45, 2.75) is 19.4 Å². The Labute approximate surface area is 139 Å². The number of pyridine rings is 1. The van der Waals surface area contributed by atoms with Crippen molar-refractivity contribution >= 4 is 11.9 Å². The molecule has 2 aromatic rings. The number of hydrogen-bond acceptors (Lipinski definition) is 5. The molecule has 4 heterocycles. The highest BCUT2D eigenvalue weighted by Crippen LogP contribution is 2.41. The van der Waals surface area contributed by atoms with E-state index >= 15 is 0 Å². The van der Waals surface area contributed by atoms with Gasteiger partial charge in [-0.2, -0.15) is 0 Å². The average Bonchev–Trinajstić information content (AvgIpc) is 3.17. The molecule has 1 spiro atoms. The zero-order valence-corrected chi connectivity index (χ0v) is 13.2. The fourth-order valence-corrected chi connectivity index (χ4v) is 3.62. The Bertz CT molecular complexity index is 738. The Morgan fingerprint density at radius 1 is 1.12 bits per heavy atom. The topological polar surface area (TPSA) is 62.2 Å². The predicted molar refractivity (Wildman–Crippen MR) is 85.5 cm³/mol. The lowest BCUT2D eigenvalue weighted by Crippen LogP contribution is -2.37. The lowest BCUT2D eigenvalue weighted by molar-refractivity contribution is -0.135. The summed E-state index contributed by atoms with van der Waals surface area (Å²) in [6, 6.07) is 5.74. The molecule has 2 aliphatic heterocycles. The second-order valence-corrected chi connectivity index (χ2v) is 6.45. The van der Waals surface area contributed by atoms with E-state index in [1.165, 1.54) is 0 Å². The molecule has 124 valence electrons. The molecular formula is C17H18FN5O. The van der Waals surface area contributed by atoms with E-state index < -0.39 is 5.82 Å². The lowest BCUT2D eigenvalue weighted by Gasteiger charge is -2.23. The number of rotatable bonds is 3. The van der Waals surface area contributed by atoms with Crippen LogP contribution in [-0.2, 0) is 11.3 Å². The quantitative estimate of drug-likeness (QED) is 0.858. The van der Waals surface area contributed by atoms with Gasteiger partial charge in [0.15, 0.2) is 5.82 Å². The smallest absolute Gasteiger partial charge is 0.231 e. The Morgan fingerprint density at radius 2 is 1.92 bits per heavy atom. The summed E-state index contributed by atoms with van der Waals surface area (Å²) >= 11 is 0. The van der Waals surface area contributed by atoms with Crippen LogP contribution in [0.5, 0.6) is 0 Å². The minimum absolute atomic E-state index is 0.178. The molecule has 0 bridgehead atoms. The third kappa shape index (κ3) is 2.60. The number of carbonyl (C=O) groups excluding carboxylic acids is 1. The van der Waals surface area contributed by atoms with E-state index in [0.29, 0.717) is 19.0 Å². The van der Waals surface area contributed by atoms with Gasteiger partial charge < -0.3 is 9.80 Å². The van der Waals surface area contributed by atoms with Gasteiger partial charge in [-0.15, -0.1) is 0 Å². The molecular weight excluding hydrogens is 309 g/mol. The van der Waals surface area contributed by atoms with Crippen molar-refractivity contribution in [1.29, 1.82) is 0 Å². The van der Waals surface area contributed by atoms with Crippen LogP contribution in [0.2, 0.25) is 0 Å². The molecule has 2 fully saturated rings. The van der Waals surface area contributed by atoms with Gasteiger partial charge in [0.25, 0.3) is 0 Å². The van der Waals surface area contributed by atoms with Crippen LogP contribution in [0.1, 0.15) is 18.5 Å². The van der Waals surface area contributed by atoms with Crippen molar-refractivity contribution in [3.63, 3.8) is 0 Å². The maximum Gasteiger partial charge on any atom is 0.231 e. The van der Waals surface area contributed by atoms with Gasteiger partial charge in [-0.25, -0.2) is 14.4 Å². The van der Waals surface area contributed by atoms with Crippen LogP contribution >= 0.6 is 0 Å². The number of hydrogen-bond donors (Lipinski definition) is 0. The van der Waals surface area contributed by atoms with Crippen LogP contribution < -0.4 is 4.90 Å². The molecule has 0 saturated carbocycles. The van der Waals surface area contributed by atoms with Crippen molar-refractivity contribution < 1.29 is 9.18 Å². The Balaban J connectivity index is 1.47. The van der Waals surface area contributed by atoms with Crippen LogP contribution in [0, 0.1) is 11.2 Å². The number of anilines is 1. The first-order chi connectivity index (χ1) is 11.7. The Kier molecular flexibility index (Phi) is 3.63. The first-order valence-corrected chi connectivity index (χ1v) is 8.08. The Hall–Kier alpha value is -2.57. The maximum absolute atomic E-state index is 13.0. The molecule has 0 aliphatic carbocycles. The van der Waals surface area contributed by atoms with Gasteiger partial charge in [0.1, 0.15) is 0 Å². The van der Waals surface area contributed by atoms with Gasteiger partial charge >= 0.3 is 0 Å². The van der Waals surface area contributed by atoms with Gasteiger partial charge in [-0.1, -0.05) is 6.07 Å². The molecule has 7 heteroatoms. The van der Waals surface area contributed by atoms with E-state index in [9.17, 15) is 9.18 Å². The molecule has 1 amide bonds. The van der Waals surface area contributed by atoms with Crippen LogP contribution in [-0.4, -0.2) is 45.4 Å². The highest BCUT2D eigenvalue weighted by Gasteiger charge is 2.51. The van der Waals surface area contributed by atoms with E-state index in [1.54, 1.807) is 6.20 Å². The molecule has 2 saturated heterocycles. The van der Waals surface area contributed by atoms with Gasteiger partial charge in [-0.05, 0) is 25.0 Å². The fraction of sp³-hybridized carbons (Fsp3) is 0.412. The van der Waals surface area contributed by atoms with Crippen molar-refractivity contribution in [3.8, 4) is 0 Å². The second-order valence-electron chi connectivity index (χ2n) is 6.45. The van der Waals surface area contributed by atoms with Crippen LogP contribution in [0.15, 0.2) is 36.8 Å². The van der Waals surface area contributed by atoms with Crippen LogP contribution in [0.3, 0.4) is 0 Å². The number of halogens is 1. The zero-order chi connectivity index (χ0) is 16.6.